The molecule has 0 fully saturated rings. The molecule has 0 aliphatic heterocycles. The molecule has 2 aromatic rings. The van der Waals surface area contributed by atoms with Crippen LogP contribution in [-0.2, 0) is 6.42 Å². The molecule has 1 aromatic heterocycles. The minimum atomic E-state index is -1.20. The number of halogens is 1. The molecule has 20 heavy (non-hydrogen) atoms. The summed E-state index contributed by atoms with van der Waals surface area (Å²) >= 11 is 3.39. The largest absolute Gasteiger partial charge is 0.504 e. The van der Waals surface area contributed by atoms with Crippen molar-refractivity contribution in [3.8, 4) is 22.8 Å². The van der Waals surface area contributed by atoms with Crippen LogP contribution in [0.5, 0.6) is 11.5 Å². The van der Waals surface area contributed by atoms with Gasteiger partial charge in [0.2, 0.25) is 0 Å². The van der Waals surface area contributed by atoms with Crippen molar-refractivity contribution in [1.82, 2.24) is 5.16 Å². The number of aromatic hydroxyl groups is 1. The van der Waals surface area contributed by atoms with Gasteiger partial charge in [-0.15, -0.1) is 0 Å². The van der Waals surface area contributed by atoms with Crippen molar-refractivity contribution in [3.05, 3.63) is 27.9 Å². The first kappa shape index (κ1) is 14.4. The number of carboxylic acids is 1. The van der Waals surface area contributed by atoms with Gasteiger partial charge in [0, 0.05) is 10.5 Å². The van der Waals surface area contributed by atoms with Crippen molar-refractivity contribution in [2.75, 3.05) is 7.11 Å². The highest BCUT2D eigenvalue weighted by molar-refractivity contribution is 9.10. The van der Waals surface area contributed by atoms with Crippen LogP contribution in [0.1, 0.15) is 23.0 Å². The highest BCUT2D eigenvalue weighted by Gasteiger charge is 2.22. The van der Waals surface area contributed by atoms with Gasteiger partial charge in [0.25, 0.3) is 0 Å². The average molecular weight is 342 g/mol. The van der Waals surface area contributed by atoms with E-state index in [0.717, 1.165) is 5.56 Å². The van der Waals surface area contributed by atoms with E-state index in [1.807, 2.05) is 6.92 Å². The number of phenols is 1. The van der Waals surface area contributed by atoms with Crippen molar-refractivity contribution >= 4 is 21.9 Å². The maximum Gasteiger partial charge on any atom is 0.358 e. The predicted molar refractivity (Wildman–Crippen MR) is 74.2 cm³/mol. The molecule has 2 N–H and O–H groups in total. The Labute approximate surface area is 123 Å². The van der Waals surface area contributed by atoms with E-state index in [2.05, 4.69) is 21.1 Å². The first-order chi connectivity index (χ1) is 9.49. The number of ether oxygens (including phenoxy) is 1. The Morgan fingerprint density at radius 1 is 1.50 bits per heavy atom. The fraction of sp³-hybridized carbons (Fsp3) is 0.231. The molecular weight excluding hydrogens is 330 g/mol. The second-order valence-electron chi connectivity index (χ2n) is 4.01. The molecule has 0 aliphatic carbocycles. The van der Waals surface area contributed by atoms with Gasteiger partial charge in [-0.25, -0.2) is 4.79 Å². The van der Waals surface area contributed by atoms with Gasteiger partial charge in [-0.1, -0.05) is 12.1 Å². The number of methoxy groups -OCH3 is 1. The molecule has 0 saturated heterocycles. The number of hydrogen-bond donors (Lipinski definition) is 2. The molecule has 7 heteroatoms. The Hall–Kier alpha value is -2.02. The number of benzene rings is 1. The van der Waals surface area contributed by atoms with Crippen molar-refractivity contribution < 1.29 is 24.3 Å². The Balaban J connectivity index is 2.67. The lowest BCUT2D eigenvalue weighted by Crippen LogP contribution is -1.95. The van der Waals surface area contributed by atoms with E-state index in [4.69, 9.17) is 14.4 Å². The highest BCUT2D eigenvalue weighted by atomic mass is 79.9. The van der Waals surface area contributed by atoms with Gasteiger partial charge in [-0.3, -0.25) is 0 Å². The Bertz CT molecular complexity index is 637. The van der Waals surface area contributed by atoms with E-state index in [0.29, 0.717) is 16.5 Å². The van der Waals surface area contributed by atoms with Crippen molar-refractivity contribution in [2.24, 2.45) is 0 Å². The molecule has 0 bridgehead atoms. The summed E-state index contributed by atoms with van der Waals surface area (Å²) in [5.74, 6) is -0.896. The van der Waals surface area contributed by atoms with E-state index in [9.17, 15) is 9.90 Å². The third-order valence-corrected chi connectivity index (χ3v) is 3.76. The molecule has 0 aliphatic rings. The van der Waals surface area contributed by atoms with Crippen LogP contribution in [0.3, 0.4) is 0 Å². The van der Waals surface area contributed by atoms with Gasteiger partial charge in [-0.05, 0) is 34.0 Å². The normalized spacial score (nSPS) is 10.6. The van der Waals surface area contributed by atoms with Crippen LogP contribution in [-0.4, -0.2) is 28.4 Å². The molecule has 0 amide bonds. The fourth-order valence-electron chi connectivity index (χ4n) is 1.81. The molecule has 0 unspecified atom stereocenters. The van der Waals surface area contributed by atoms with Crippen LogP contribution < -0.4 is 4.74 Å². The lowest BCUT2D eigenvalue weighted by molar-refractivity contribution is 0.0686. The second-order valence-corrected chi connectivity index (χ2v) is 4.80. The fourth-order valence-corrected chi connectivity index (χ4v) is 2.59. The number of aryl methyl sites for hydroxylation is 1. The summed E-state index contributed by atoms with van der Waals surface area (Å²) < 4.78 is 10.7. The van der Waals surface area contributed by atoms with E-state index in [1.165, 1.54) is 13.2 Å². The SMILES string of the molecule is CCc1cc(OC)c(O)c(-c2cc(C(=O)O)no2)c1Br. The lowest BCUT2D eigenvalue weighted by atomic mass is 10.0. The highest BCUT2D eigenvalue weighted by Crippen LogP contribution is 2.44. The summed E-state index contributed by atoms with van der Waals surface area (Å²) in [6.45, 7) is 1.95. The minimum Gasteiger partial charge on any atom is -0.504 e. The topological polar surface area (TPSA) is 92.8 Å². The molecule has 0 saturated carbocycles. The van der Waals surface area contributed by atoms with Crippen LogP contribution in [0.2, 0.25) is 0 Å². The molecule has 6 nitrogen and oxygen atoms in total. The van der Waals surface area contributed by atoms with E-state index >= 15 is 0 Å². The lowest BCUT2D eigenvalue weighted by Gasteiger charge is -2.12. The van der Waals surface area contributed by atoms with Gasteiger partial charge < -0.3 is 19.5 Å². The maximum absolute atomic E-state index is 10.8. The summed E-state index contributed by atoms with van der Waals surface area (Å²) in [4.78, 5) is 10.8. The molecule has 2 rings (SSSR count). The van der Waals surface area contributed by atoms with Crippen LogP contribution in [0, 0.1) is 0 Å². The third kappa shape index (κ3) is 2.36. The van der Waals surface area contributed by atoms with Crippen LogP contribution >= 0.6 is 15.9 Å². The molecule has 1 heterocycles. The number of phenolic OH excluding ortho intramolecular Hbond substituents is 1. The third-order valence-electron chi connectivity index (χ3n) is 2.85. The van der Waals surface area contributed by atoms with Crippen molar-refractivity contribution in [2.45, 2.75) is 13.3 Å². The Morgan fingerprint density at radius 3 is 2.70 bits per heavy atom. The summed E-state index contributed by atoms with van der Waals surface area (Å²) in [5.41, 5.74) is 0.983. The zero-order valence-electron chi connectivity index (χ0n) is 10.8. The van der Waals surface area contributed by atoms with E-state index in [1.54, 1.807) is 6.07 Å². The van der Waals surface area contributed by atoms with Gasteiger partial charge in [0.1, 0.15) is 0 Å². The summed E-state index contributed by atoms with van der Waals surface area (Å²) in [7, 11) is 1.44. The number of carboxylic acid groups (broad SMARTS) is 1. The summed E-state index contributed by atoms with van der Waals surface area (Å²) in [6.07, 6.45) is 0.699. The standard InChI is InChI=1S/C13H12BrNO5/c1-3-6-4-9(19-2)12(16)10(11(6)14)8-5-7(13(17)18)15-20-8/h4-5,16H,3H2,1-2H3,(H,17,18). The van der Waals surface area contributed by atoms with Crippen molar-refractivity contribution in [1.29, 1.82) is 0 Å². The predicted octanol–water partition coefficient (Wildman–Crippen LogP) is 3.08. The van der Waals surface area contributed by atoms with Gasteiger partial charge in [0.15, 0.2) is 23.0 Å². The van der Waals surface area contributed by atoms with Crippen molar-refractivity contribution in [3.63, 3.8) is 0 Å². The van der Waals surface area contributed by atoms with Gasteiger partial charge >= 0.3 is 5.97 Å². The van der Waals surface area contributed by atoms with Gasteiger partial charge in [-0.2, -0.15) is 0 Å². The van der Waals surface area contributed by atoms with E-state index in [-0.39, 0.29) is 23.0 Å². The molecular formula is C13H12BrNO5. The molecule has 0 atom stereocenters. The Kier molecular flexibility index (Phi) is 3.99. The number of aromatic nitrogens is 1. The van der Waals surface area contributed by atoms with Crippen LogP contribution in [0.15, 0.2) is 21.1 Å². The summed E-state index contributed by atoms with van der Waals surface area (Å²) in [6, 6.07) is 2.96. The second kappa shape index (κ2) is 5.54. The smallest absolute Gasteiger partial charge is 0.358 e. The van der Waals surface area contributed by atoms with E-state index < -0.39 is 5.97 Å². The summed E-state index contributed by atoms with van der Waals surface area (Å²) in [5, 5.41) is 22.5. The molecule has 0 spiro atoms. The Morgan fingerprint density at radius 2 is 2.20 bits per heavy atom. The number of hydrogen-bond acceptors (Lipinski definition) is 5. The van der Waals surface area contributed by atoms with Gasteiger partial charge in [0.05, 0.1) is 12.7 Å². The number of aromatic carboxylic acids is 1. The maximum atomic E-state index is 10.8. The number of rotatable bonds is 4. The number of nitrogens with zero attached hydrogens (tertiary/aromatic N) is 1. The molecule has 1 aromatic carbocycles. The molecule has 106 valence electrons. The van der Waals surface area contributed by atoms with Crippen LogP contribution in [0.25, 0.3) is 11.3 Å². The average Bonchev–Trinajstić information content (AvgIpc) is 2.89. The van der Waals surface area contributed by atoms with Crippen LogP contribution in [0.4, 0.5) is 0 Å². The minimum absolute atomic E-state index is 0.135. The first-order valence-corrected chi connectivity index (χ1v) is 6.57. The monoisotopic (exact) mass is 341 g/mol. The molecule has 0 radical (unpaired) electrons. The quantitative estimate of drug-likeness (QED) is 0.887. The first-order valence-electron chi connectivity index (χ1n) is 5.78. The zero-order chi connectivity index (χ0) is 14.9. The number of carbonyl (C=O) groups is 1. The zero-order valence-corrected chi connectivity index (χ0v) is 12.4.